The molecule has 3 N–H and O–H groups in total. The van der Waals surface area contributed by atoms with Gasteiger partial charge in [-0.25, -0.2) is 0 Å². The van der Waals surface area contributed by atoms with Gasteiger partial charge in [-0.2, -0.15) is 0 Å². The lowest BCUT2D eigenvalue weighted by atomic mass is 9.83. The van der Waals surface area contributed by atoms with Gasteiger partial charge in [0.15, 0.2) is 0 Å². The van der Waals surface area contributed by atoms with E-state index in [4.69, 9.17) is 9.47 Å². The fourth-order valence-corrected chi connectivity index (χ4v) is 4.74. The molecule has 2 heterocycles. The number of aliphatic hydroxyl groups excluding tert-OH is 1. The number of benzene rings is 1. The van der Waals surface area contributed by atoms with Gasteiger partial charge in [-0.15, -0.1) is 0 Å². The molecule has 0 spiro atoms. The molecule has 4 atom stereocenters. The molecule has 7 heteroatoms. The monoisotopic (exact) mass is 414 g/mol. The summed E-state index contributed by atoms with van der Waals surface area (Å²) in [6.07, 6.45) is 5.40. The molecule has 0 aromatic heterocycles. The number of aliphatic hydroxyl groups is 1. The molecule has 7 nitrogen and oxygen atoms in total. The van der Waals surface area contributed by atoms with Crippen molar-refractivity contribution in [3.63, 3.8) is 0 Å². The summed E-state index contributed by atoms with van der Waals surface area (Å²) in [5.74, 6) is 1.66. The van der Waals surface area contributed by atoms with Crippen molar-refractivity contribution in [3.8, 4) is 5.75 Å². The molecule has 0 bridgehead atoms. The van der Waals surface area contributed by atoms with E-state index in [1.807, 2.05) is 18.2 Å². The van der Waals surface area contributed by atoms with Crippen LogP contribution in [0.25, 0.3) is 0 Å². The van der Waals surface area contributed by atoms with E-state index in [9.17, 15) is 14.7 Å². The highest BCUT2D eigenvalue weighted by atomic mass is 16.6. The van der Waals surface area contributed by atoms with Gasteiger partial charge < -0.3 is 25.2 Å². The Hall–Kier alpha value is -2.12. The predicted molar refractivity (Wildman–Crippen MR) is 110 cm³/mol. The Balaban J connectivity index is 1.27. The number of ether oxygens (including phenoxy) is 2. The van der Waals surface area contributed by atoms with Crippen molar-refractivity contribution in [2.45, 2.75) is 69.2 Å². The Labute approximate surface area is 176 Å². The third-order valence-corrected chi connectivity index (χ3v) is 6.94. The molecule has 30 heavy (non-hydrogen) atoms. The first-order valence-corrected chi connectivity index (χ1v) is 11.2. The average Bonchev–Trinajstić information content (AvgIpc) is 3.45. The van der Waals surface area contributed by atoms with Crippen molar-refractivity contribution < 1.29 is 24.2 Å². The van der Waals surface area contributed by atoms with Crippen molar-refractivity contribution in [2.75, 3.05) is 18.5 Å². The summed E-state index contributed by atoms with van der Waals surface area (Å²) in [6, 6.07) is 5.74. The maximum absolute atomic E-state index is 12.3. The first-order chi connectivity index (χ1) is 14.6. The second kappa shape index (κ2) is 8.19. The lowest BCUT2D eigenvalue weighted by Crippen LogP contribution is -2.47. The second-order valence-electron chi connectivity index (χ2n) is 9.23. The van der Waals surface area contributed by atoms with E-state index in [1.54, 1.807) is 0 Å². The summed E-state index contributed by atoms with van der Waals surface area (Å²) < 4.78 is 12.1. The maximum atomic E-state index is 12.3. The molecule has 1 saturated heterocycles. The van der Waals surface area contributed by atoms with Gasteiger partial charge in [0.05, 0.1) is 19.1 Å². The molecule has 3 fully saturated rings. The van der Waals surface area contributed by atoms with Crippen LogP contribution in [0.2, 0.25) is 0 Å². The number of fused-ring (bicyclic) bond motifs is 3. The number of hydrogen-bond acceptors (Lipinski definition) is 5. The van der Waals surface area contributed by atoms with Crippen LogP contribution in [0.3, 0.4) is 0 Å². The zero-order valence-corrected chi connectivity index (χ0v) is 17.1. The molecular weight excluding hydrogens is 384 g/mol. The van der Waals surface area contributed by atoms with E-state index in [0.717, 1.165) is 42.8 Å². The topological polar surface area (TPSA) is 96.9 Å². The molecule has 0 unspecified atom stereocenters. The summed E-state index contributed by atoms with van der Waals surface area (Å²) >= 11 is 0. The normalized spacial score (nSPS) is 29.9. The minimum Gasteiger partial charge on any atom is -0.487 e. The maximum Gasteiger partial charge on any atom is 0.227 e. The first-order valence-electron chi connectivity index (χ1n) is 11.2. The van der Waals surface area contributed by atoms with Crippen LogP contribution >= 0.6 is 0 Å². The van der Waals surface area contributed by atoms with Crippen molar-refractivity contribution in [3.05, 3.63) is 23.8 Å². The van der Waals surface area contributed by atoms with E-state index in [2.05, 4.69) is 10.6 Å². The van der Waals surface area contributed by atoms with Crippen LogP contribution in [0, 0.1) is 11.8 Å². The molecule has 5 rings (SSSR count). The van der Waals surface area contributed by atoms with Gasteiger partial charge in [-0.3, -0.25) is 9.59 Å². The Kier molecular flexibility index (Phi) is 5.41. The number of anilines is 1. The fourth-order valence-electron chi connectivity index (χ4n) is 4.74. The molecule has 162 valence electrons. The summed E-state index contributed by atoms with van der Waals surface area (Å²) in [5.41, 5.74) is 1.80. The Morgan fingerprint density at radius 3 is 2.70 bits per heavy atom. The molecule has 1 aromatic rings. The molecular formula is C23H30N2O5. The minimum atomic E-state index is -0.467. The highest BCUT2D eigenvalue weighted by Crippen LogP contribution is 2.47. The minimum absolute atomic E-state index is 0.00249. The standard InChI is InChI=1S/C23H30N2O5/c26-12-20-22-18(9-16(29-20)10-21(27)24-11-13-4-5-13)17-8-15(6-7-19(17)30-22)25-23(28)14-2-1-3-14/h6-8,13-14,16,18,20,22,26H,1-5,9-12H2,(H,24,27)(H,25,28)/t16-,18-,20+,22+/m1/s1. The molecule has 2 aliphatic carbocycles. The van der Waals surface area contributed by atoms with Crippen LogP contribution in [0.15, 0.2) is 18.2 Å². The zero-order chi connectivity index (χ0) is 20.7. The second-order valence-corrected chi connectivity index (χ2v) is 9.23. The number of rotatable bonds is 7. The zero-order valence-electron chi connectivity index (χ0n) is 17.1. The van der Waals surface area contributed by atoms with Crippen LogP contribution in [0.5, 0.6) is 5.75 Å². The van der Waals surface area contributed by atoms with E-state index in [-0.39, 0.29) is 42.5 Å². The van der Waals surface area contributed by atoms with Crippen LogP contribution in [-0.4, -0.2) is 48.4 Å². The van der Waals surface area contributed by atoms with Crippen molar-refractivity contribution >= 4 is 17.5 Å². The largest absolute Gasteiger partial charge is 0.487 e. The number of hydrogen-bond donors (Lipinski definition) is 3. The highest BCUT2D eigenvalue weighted by molar-refractivity contribution is 5.93. The van der Waals surface area contributed by atoms with E-state index >= 15 is 0 Å². The summed E-state index contributed by atoms with van der Waals surface area (Å²) in [4.78, 5) is 24.6. The summed E-state index contributed by atoms with van der Waals surface area (Å²) in [5, 5.41) is 15.9. The van der Waals surface area contributed by atoms with E-state index in [1.165, 1.54) is 12.8 Å². The Morgan fingerprint density at radius 1 is 1.17 bits per heavy atom. The number of amides is 2. The van der Waals surface area contributed by atoms with Crippen LogP contribution < -0.4 is 15.4 Å². The van der Waals surface area contributed by atoms with Gasteiger partial charge in [-0.1, -0.05) is 6.42 Å². The smallest absolute Gasteiger partial charge is 0.227 e. The van der Waals surface area contributed by atoms with Crippen LogP contribution in [0.4, 0.5) is 5.69 Å². The number of nitrogens with one attached hydrogen (secondary N) is 2. The third-order valence-electron chi connectivity index (χ3n) is 6.94. The predicted octanol–water partition coefficient (Wildman–Crippen LogP) is 2.34. The molecule has 0 radical (unpaired) electrons. The van der Waals surface area contributed by atoms with Gasteiger partial charge in [0.2, 0.25) is 11.8 Å². The summed E-state index contributed by atoms with van der Waals surface area (Å²) in [6.45, 7) is 0.595. The lowest BCUT2D eigenvalue weighted by Gasteiger charge is -2.37. The highest BCUT2D eigenvalue weighted by Gasteiger charge is 2.46. The Morgan fingerprint density at radius 2 is 2.00 bits per heavy atom. The van der Waals surface area contributed by atoms with Gasteiger partial charge in [-0.05, 0) is 56.2 Å². The van der Waals surface area contributed by atoms with Crippen LogP contribution in [-0.2, 0) is 14.3 Å². The van der Waals surface area contributed by atoms with Gasteiger partial charge in [0.1, 0.15) is 18.0 Å². The molecule has 4 aliphatic rings. The van der Waals surface area contributed by atoms with E-state index < -0.39 is 6.10 Å². The SMILES string of the molecule is O=C(C[C@H]1C[C@@H]2c3cc(NC(=O)C4CCC4)ccc3O[C@@H]2[C@H](CO)O1)NCC1CC1. The third kappa shape index (κ3) is 4.05. The lowest BCUT2D eigenvalue weighted by molar-refractivity contribution is -0.142. The number of carbonyl (C=O) groups excluding carboxylic acids is 2. The molecule has 2 saturated carbocycles. The van der Waals surface area contributed by atoms with E-state index in [0.29, 0.717) is 18.8 Å². The van der Waals surface area contributed by atoms with Crippen molar-refractivity contribution in [2.24, 2.45) is 11.8 Å². The molecule has 1 aromatic carbocycles. The number of carbonyl (C=O) groups is 2. The quantitative estimate of drug-likeness (QED) is 0.636. The molecule has 2 aliphatic heterocycles. The van der Waals surface area contributed by atoms with Gasteiger partial charge >= 0.3 is 0 Å². The Bertz CT molecular complexity index is 820. The van der Waals surface area contributed by atoms with Crippen molar-refractivity contribution in [1.82, 2.24) is 5.32 Å². The summed E-state index contributed by atoms with van der Waals surface area (Å²) in [7, 11) is 0. The fraction of sp³-hybridized carbons (Fsp3) is 0.652. The van der Waals surface area contributed by atoms with Crippen LogP contribution in [0.1, 0.15) is 56.4 Å². The van der Waals surface area contributed by atoms with Crippen molar-refractivity contribution in [1.29, 1.82) is 0 Å². The first kappa shape index (κ1) is 19.8. The molecule has 2 amide bonds. The average molecular weight is 415 g/mol. The van der Waals surface area contributed by atoms with Gasteiger partial charge in [0, 0.05) is 29.6 Å². The van der Waals surface area contributed by atoms with Gasteiger partial charge in [0.25, 0.3) is 0 Å².